The first-order valence-electron chi connectivity index (χ1n) is 7.80. The van der Waals surface area contributed by atoms with Crippen molar-refractivity contribution >= 4 is 39.5 Å². The van der Waals surface area contributed by atoms with Crippen LogP contribution in [0, 0.1) is 10.1 Å². The molecule has 0 atom stereocenters. The van der Waals surface area contributed by atoms with Crippen molar-refractivity contribution < 1.29 is 18.1 Å². The average Bonchev–Trinajstić information content (AvgIpc) is 3.46. The van der Waals surface area contributed by atoms with Crippen LogP contribution < -0.4 is 10.0 Å². The summed E-state index contributed by atoms with van der Waals surface area (Å²) in [4.78, 5) is 30.1. The molecule has 1 aromatic carbocycles. The van der Waals surface area contributed by atoms with Gasteiger partial charge < -0.3 is 0 Å². The minimum atomic E-state index is -4.45. The Labute approximate surface area is 159 Å². The van der Waals surface area contributed by atoms with E-state index in [1.807, 2.05) is 12.3 Å². The van der Waals surface area contributed by atoms with E-state index in [0.717, 1.165) is 30.7 Å². The van der Waals surface area contributed by atoms with Crippen molar-refractivity contribution in [2.24, 2.45) is 0 Å². The number of hydrogen-bond acceptors (Lipinski definition) is 8. The van der Waals surface area contributed by atoms with Crippen molar-refractivity contribution in [2.45, 2.75) is 28.7 Å². The lowest BCUT2D eigenvalue weighted by atomic mass is 10.3. The first-order chi connectivity index (χ1) is 12.8. The van der Waals surface area contributed by atoms with Gasteiger partial charge in [0.2, 0.25) is 5.95 Å². The number of nitrogens with zero attached hydrogens (tertiary/aromatic N) is 3. The van der Waals surface area contributed by atoms with Crippen LogP contribution >= 0.6 is 11.8 Å². The van der Waals surface area contributed by atoms with Crippen LogP contribution in [-0.4, -0.2) is 35.6 Å². The van der Waals surface area contributed by atoms with Crippen LogP contribution in [0.1, 0.15) is 24.5 Å². The van der Waals surface area contributed by atoms with Crippen LogP contribution in [0.25, 0.3) is 0 Å². The van der Waals surface area contributed by atoms with Gasteiger partial charge in [0.05, 0.1) is 10.6 Å². The molecule has 1 heterocycles. The number of urea groups is 1. The Bertz CT molecular complexity index is 1010. The van der Waals surface area contributed by atoms with Gasteiger partial charge in [0.1, 0.15) is 5.03 Å². The first-order valence-corrected chi connectivity index (χ1v) is 10.5. The van der Waals surface area contributed by atoms with E-state index in [2.05, 4.69) is 15.3 Å². The number of rotatable bonds is 6. The average molecular weight is 409 g/mol. The van der Waals surface area contributed by atoms with Gasteiger partial charge in [-0.1, -0.05) is 12.1 Å². The fourth-order valence-corrected chi connectivity index (χ4v) is 3.83. The lowest BCUT2D eigenvalue weighted by molar-refractivity contribution is -0.387. The van der Waals surface area contributed by atoms with Crippen LogP contribution in [-0.2, 0) is 10.0 Å². The Morgan fingerprint density at radius 1 is 1.30 bits per heavy atom. The maximum atomic E-state index is 12.3. The molecule has 0 radical (unpaired) electrons. The number of nitrogens with one attached hydrogen (secondary N) is 2. The Morgan fingerprint density at radius 3 is 2.63 bits per heavy atom. The summed E-state index contributed by atoms with van der Waals surface area (Å²) in [6.07, 6.45) is 3.83. The zero-order chi connectivity index (χ0) is 19.6. The lowest BCUT2D eigenvalue weighted by Crippen LogP contribution is -2.35. The fraction of sp³-hybridized carbons (Fsp3) is 0.267. The molecule has 1 saturated carbocycles. The van der Waals surface area contributed by atoms with E-state index >= 15 is 0 Å². The lowest BCUT2D eigenvalue weighted by Gasteiger charge is -2.09. The summed E-state index contributed by atoms with van der Waals surface area (Å²) < 4.78 is 26.4. The van der Waals surface area contributed by atoms with Crippen LogP contribution in [0.4, 0.5) is 16.4 Å². The van der Waals surface area contributed by atoms with Gasteiger partial charge in [-0.05, 0) is 31.2 Å². The summed E-state index contributed by atoms with van der Waals surface area (Å²) in [5.74, 6) is 0.289. The highest BCUT2D eigenvalue weighted by atomic mass is 32.2. The van der Waals surface area contributed by atoms with E-state index in [0.29, 0.717) is 10.9 Å². The normalized spacial score (nSPS) is 13.8. The standard InChI is InChI=1S/C15H15N5O5S2/c1-26-13-8-10(9-6-7-9)16-14(17-13)18-15(21)19-27(24,25)12-5-3-2-4-11(12)20(22)23/h2-5,8-9H,6-7H2,1H3,(H2,16,17,18,19,21). The molecular formula is C15H15N5O5S2. The summed E-state index contributed by atoms with van der Waals surface area (Å²) in [6, 6.07) is 5.47. The minimum absolute atomic E-state index is 0.0287. The topological polar surface area (TPSA) is 144 Å². The van der Waals surface area contributed by atoms with Gasteiger partial charge >= 0.3 is 6.03 Å². The molecule has 1 aliphatic rings. The molecule has 2 aromatic rings. The summed E-state index contributed by atoms with van der Waals surface area (Å²) in [7, 11) is -4.45. The van der Waals surface area contributed by atoms with Crippen molar-refractivity contribution in [3.05, 3.63) is 46.1 Å². The smallest absolute Gasteiger partial charge is 0.275 e. The van der Waals surface area contributed by atoms with E-state index in [4.69, 9.17) is 0 Å². The third-order valence-electron chi connectivity index (χ3n) is 3.73. The summed E-state index contributed by atoms with van der Waals surface area (Å²) in [6.45, 7) is 0. The van der Waals surface area contributed by atoms with Gasteiger partial charge in [-0.3, -0.25) is 15.4 Å². The second kappa shape index (κ2) is 7.48. The molecular weight excluding hydrogens is 394 g/mol. The van der Waals surface area contributed by atoms with Gasteiger partial charge in [-0.2, -0.15) is 0 Å². The predicted octanol–water partition coefficient (Wildman–Crippen LogP) is 2.49. The zero-order valence-corrected chi connectivity index (χ0v) is 15.7. The Balaban J connectivity index is 1.80. The molecule has 0 unspecified atom stereocenters. The quantitative estimate of drug-likeness (QED) is 0.320. The van der Waals surface area contributed by atoms with E-state index in [1.165, 1.54) is 23.9 Å². The van der Waals surface area contributed by atoms with Crippen molar-refractivity contribution in [2.75, 3.05) is 11.6 Å². The molecule has 142 valence electrons. The molecule has 3 rings (SSSR count). The SMILES string of the molecule is CSc1cc(C2CC2)nc(NC(=O)NS(=O)(=O)c2ccccc2[N+](=O)[O-])n1. The summed E-state index contributed by atoms with van der Waals surface area (Å²) in [5.41, 5.74) is 0.153. The van der Waals surface area contributed by atoms with E-state index in [1.54, 1.807) is 4.72 Å². The number of sulfonamides is 1. The third-order valence-corrected chi connectivity index (χ3v) is 5.74. The molecule has 1 aliphatic carbocycles. The number of thioether (sulfide) groups is 1. The maximum absolute atomic E-state index is 12.3. The van der Waals surface area contributed by atoms with Gasteiger partial charge in [0.25, 0.3) is 15.7 Å². The van der Waals surface area contributed by atoms with E-state index in [9.17, 15) is 23.3 Å². The molecule has 0 spiro atoms. The van der Waals surface area contributed by atoms with Gasteiger partial charge in [-0.25, -0.2) is 27.9 Å². The number of para-hydroxylation sites is 1. The van der Waals surface area contributed by atoms with Crippen molar-refractivity contribution in [3.8, 4) is 0 Å². The van der Waals surface area contributed by atoms with E-state index in [-0.39, 0.29) is 5.95 Å². The Hall–Kier alpha value is -2.73. The van der Waals surface area contributed by atoms with Gasteiger partial charge in [0, 0.05) is 12.0 Å². The number of carbonyl (C=O) groups excluding carboxylic acids is 1. The fourth-order valence-electron chi connectivity index (χ4n) is 2.33. The van der Waals surface area contributed by atoms with Crippen LogP contribution in [0.3, 0.4) is 0 Å². The van der Waals surface area contributed by atoms with Crippen molar-refractivity contribution in [1.82, 2.24) is 14.7 Å². The highest BCUT2D eigenvalue weighted by Gasteiger charge is 2.28. The zero-order valence-electron chi connectivity index (χ0n) is 14.1. The number of amides is 2. The second-order valence-electron chi connectivity index (χ2n) is 5.72. The molecule has 1 fully saturated rings. The molecule has 1 aromatic heterocycles. The number of carbonyl (C=O) groups is 1. The number of benzene rings is 1. The summed E-state index contributed by atoms with van der Waals surface area (Å²) in [5, 5.41) is 13.9. The van der Waals surface area contributed by atoms with Gasteiger partial charge in [-0.15, -0.1) is 11.8 Å². The first kappa shape index (κ1) is 19.0. The van der Waals surface area contributed by atoms with Crippen molar-refractivity contribution in [3.63, 3.8) is 0 Å². The largest absolute Gasteiger partial charge is 0.335 e. The molecule has 2 N–H and O–H groups in total. The molecule has 2 amide bonds. The predicted molar refractivity (Wildman–Crippen MR) is 98.2 cm³/mol. The van der Waals surface area contributed by atoms with Crippen LogP contribution in [0.15, 0.2) is 40.3 Å². The minimum Gasteiger partial charge on any atom is -0.275 e. The second-order valence-corrected chi connectivity index (χ2v) is 8.19. The van der Waals surface area contributed by atoms with Crippen LogP contribution in [0.5, 0.6) is 0 Å². The molecule has 0 bridgehead atoms. The highest BCUT2D eigenvalue weighted by molar-refractivity contribution is 7.98. The number of nitro benzene ring substituents is 1. The Morgan fingerprint density at radius 2 is 2.00 bits per heavy atom. The summed E-state index contributed by atoms with van der Waals surface area (Å²) >= 11 is 1.37. The van der Waals surface area contributed by atoms with Gasteiger partial charge in [0.15, 0.2) is 4.90 Å². The highest BCUT2D eigenvalue weighted by Crippen LogP contribution is 2.40. The molecule has 12 heteroatoms. The molecule has 10 nitrogen and oxygen atoms in total. The number of hydrogen-bond donors (Lipinski definition) is 2. The van der Waals surface area contributed by atoms with Crippen molar-refractivity contribution in [1.29, 1.82) is 0 Å². The number of anilines is 1. The van der Waals surface area contributed by atoms with E-state index < -0.39 is 31.6 Å². The number of nitro groups is 1. The molecule has 27 heavy (non-hydrogen) atoms. The molecule has 0 aliphatic heterocycles. The van der Waals surface area contributed by atoms with Crippen LogP contribution in [0.2, 0.25) is 0 Å². The third kappa shape index (κ3) is 4.52. The monoisotopic (exact) mass is 409 g/mol. The Kier molecular flexibility index (Phi) is 5.28. The maximum Gasteiger partial charge on any atom is 0.335 e. The molecule has 0 saturated heterocycles. The number of aromatic nitrogens is 2.